The van der Waals surface area contributed by atoms with Crippen molar-refractivity contribution in [3.8, 4) is 5.75 Å². The molecule has 2 aromatic rings. The normalized spacial score (nSPS) is 14.3. The number of hydrogen-bond donors (Lipinski definition) is 22. The lowest BCUT2D eigenvalue weighted by atomic mass is 9.99. The average Bonchev–Trinajstić information content (AvgIpc) is 0.923. The molecule has 0 radical (unpaired) electrons. The van der Waals surface area contributed by atoms with E-state index in [4.69, 9.17) is 28.7 Å². The molecule has 0 bridgehead atoms. The molecule has 0 aliphatic rings. The van der Waals surface area contributed by atoms with Gasteiger partial charge < -0.3 is 113 Å². The minimum atomic E-state index is -1.92. The first kappa shape index (κ1) is 83.9. The van der Waals surface area contributed by atoms with E-state index in [9.17, 15) is 92.3 Å². The summed E-state index contributed by atoms with van der Waals surface area (Å²) in [4.78, 5) is 201. The van der Waals surface area contributed by atoms with Gasteiger partial charge in [-0.15, -0.1) is 0 Å². The summed E-state index contributed by atoms with van der Waals surface area (Å²) in [6.45, 7) is 2.44. The first-order valence-electron chi connectivity index (χ1n) is 31.0. The number of benzene rings is 2. The summed E-state index contributed by atoms with van der Waals surface area (Å²) >= 11 is 4.11. The number of carbonyl (C=O) groups is 15. The lowest BCUT2D eigenvalue weighted by Gasteiger charge is -2.27. The molecule has 0 saturated carbocycles. The van der Waals surface area contributed by atoms with Gasteiger partial charge >= 0.3 is 5.97 Å². The lowest BCUT2D eigenvalue weighted by molar-refractivity contribution is -0.142. The van der Waals surface area contributed by atoms with E-state index in [0.717, 1.165) is 0 Å². The van der Waals surface area contributed by atoms with Gasteiger partial charge in [-0.3, -0.25) is 72.1 Å². The van der Waals surface area contributed by atoms with Gasteiger partial charge in [0, 0.05) is 31.6 Å². The van der Waals surface area contributed by atoms with Crippen LogP contribution in [0.3, 0.4) is 0 Å². The van der Waals surface area contributed by atoms with Crippen LogP contribution < -0.4 is 92.5 Å². The van der Waals surface area contributed by atoms with Gasteiger partial charge in [0.1, 0.15) is 60.1 Å². The molecule has 0 aromatic heterocycles. The highest BCUT2D eigenvalue weighted by atomic mass is 32.1. The van der Waals surface area contributed by atoms with Crippen molar-refractivity contribution in [1.29, 1.82) is 0 Å². The van der Waals surface area contributed by atoms with Crippen LogP contribution in [-0.2, 0) is 84.8 Å². The number of primary amides is 2. The van der Waals surface area contributed by atoms with Crippen molar-refractivity contribution in [3.63, 3.8) is 0 Å². The third-order valence-corrected chi connectivity index (χ3v) is 14.9. The van der Waals surface area contributed by atoms with Crippen LogP contribution in [0.25, 0.3) is 0 Å². The van der Waals surface area contributed by atoms with Crippen molar-refractivity contribution in [2.24, 2.45) is 45.5 Å². The largest absolute Gasteiger partial charge is 0.508 e. The highest BCUT2D eigenvalue weighted by molar-refractivity contribution is 7.80. The number of thiol groups is 1. The second kappa shape index (κ2) is 43.8. The fourth-order valence-electron chi connectivity index (χ4n) is 8.90. The Balaban J connectivity index is 2.18. The summed E-state index contributed by atoms with van der Waals surface area (Å²) in [6.07, 6.45) is -1.74. The summed E-state index contributed by atoms with van der Waals surface area (Å²) in [6, 6.07) is -1.90. The van der Waals surface area contributed by atoms with E-state index in [-0.39, 0.29) is 68.6 Å². The Morgan fingerprint density at radius 3 is 1.41 bits per heavy atom. The number of nitrogens with two attached hydrogens (primary N) is 5. The van der Waals surface area contributed by atoms with Crippen LogP contribution in [0.4, 0.5) is 0 Å². The Hall–Kier alpha value is -10.2. The van der Waals surface area contributed by atoms with Crippen molar-refractivity contribution in [2.45, 2.75) is 146 Å². The van der Waals surface area contributed by atoms with Gasteiger partial charge in [0.15, 0.2) is 5.96 Å². The van der Waals surface area contributed by atoms with Crippen LogP contribution in [0, 0.1) is 11.8 Å². The molecule has 0 unspecified atom stereocenters. The molecule has 37 nitrogen and oxygen atoms in total. The summed E-state index contributed by atoms with van der Waals surface area (Å²) in [7, 11) is 0. The molecule has 2 aromatic carbocycles. The van der Waals surface area contributed by atoms with Crippen LogP contribution in [0.1, 0.15) is 83.8 Å². The van der Waals surface area contributed by atoms with Gasteiger partial charge in [0.05, 0.1) is 45.3 Å². The lowest BCUT2D eigenvalue weighted by Crippen LogP contribution is -2.61. The molecule has 26 N–H and O–H groups in total. The number of nitrogens with zero attached hydrogens (tertiary/aromatic N) is 1. The molecule has 542 valence electrons. The van der Waals surface area contributed by atoms with Gasteiger partial charge in [0.25, 0.3) is 0 Å². The number of aliphatic imine (C=N–C) groups is 1. The molecule has 0 heterocycles. The molecule has 11 atom stereocenters. The van der Waals surface area contributed by atoms with E-state index in [0.29, 0.717) is 17.5 Å². The number of carboxylic acid groups (broad SMARTS) is 1. The zero-order valence-electron chi connectivity index (χ0n) is 54.6. The van der Waals surface area contributed by atoms with E-state index in [1.165, 1.54) is 24.3 Å². The Morgan fingerprint density at radius 2 is 0.908 bits per heavy atom. The van der Waals surface area contributed by atoms with Crippen LogP contribution in [0.5, 0.6) is 5.75 Å². The Labute approximate surface area is 569 Å². The predicted molar refractivity (Wildman–Crippen MR) is 353 cm³/mol. The number of carbonyl (C=O) groups excluding carboxylic acids is 14. The van der Waals surface area contributed by atoms with Crippen LogP contribution in [0.15, 0.2) is 59.6 Å². The second-order valence-electron chi connectivity index (χ2n) is 23.0. The van der Waals surface area contributed by atoms with Crippen molar-refractivity contribution >= 4 is 107 Å². The first-order chi connectivity index (χ1) is 46.2. The summed E-state index contributed by atoms with van der Waals surface area (Å²) in [5.41, 5.74) is 28.3. The highest BCUT2D eigenvalue weighted by Crippen LogP contribution is 2.14. The molecule has 0 saturated heterocycles. The number of rotatable bonds is 45. The third kappa shape index (κ3) is 32.0. The number of aliphatic hydroxyl groups is 2. The van der Waals surface area contributed by atoms with Gasteiger partial charge in [-0.05, 0) is 60.8 Å². The molecule has 14 amide bonds. The molecular weight excluding hydrogens is 1310 g/mol. The standard InChI is InChI=1S/C60H92N18O19S/c1-5-31(4)49(63)58(95)69-26-46(84)70-36(17-18-44(61)82)53(90)77-41(27-79)51(88)68-24-47(85)71-37(20-30(2)3)50(87)67-25-48(86)72-43(29-98)57(94)75-39(23-45(62)83)55(92)78-42(28-80)56(93)74-38(21-32-10-7-6-8-11-32)54(91)73-35(12-9-19-66-60(64)65)52(89)76-40(59(96)97)22-33-13-15-34(81)16-14-33/h6-8,10-11,13-16,30-31,35-43,49,79-81,98H,5,9,12,17-29,63H2,1-4H3,(H2,61,82)(H2,62,83)(H,67,87)(H,68,88)(H,69,95)(H,70,84)(H,71,85)(H,72,86)(H,73,91)(H,74,93)(H,75,94)(H,76,89)(H,77,90)(H,78,92)(H,96,97)(H4,64,65,66)/t31-,35-,36-,37-,38-,39-,40-,41-,42-,43-,49-/m0/s1. The number of phenolic OH excluding ortho intramolecular Hbond substituents is 1. The van der Waals surface area contributed by atoms with Crippen molar-refractivity contribution in [2.75, 3.05) is 45.1 Å². The van der Waals surface area contributed by atoms with Crippen molar-refractivity contribution < 1.29 is 92.3 Å². The second-order valence-corrected chi connectivity index (χ2v) is 23.4. The van der Waals surface area contributed by atoms with Gasteiger partial charge in [-0.25, -0.2) is 4.79 Å². The Kier molecular flexibility index (Phi) is 37.5. The van der Waals surface area contributed by atoms with Crippen LogP contribution in [-0.4, -0.2) is 221 Å². The molecule has 98 heavy (non-hydrogen) atoms. The molecule has 38 heteroatoms. The number of phenols is 1. The number of guanidine groups is 1. The average molecular weight is 1400 g/mol. The quantitative estimate of drug-likeness (QED) is 0.0127. The fourth-order valence-corrected chi connectivity index (χ4v) is 9.16. The minimum absolute atomic E-state index is 0.0236. The van der Waals surface area contributed by atoms with Crippen molar-refractivity contribution in [3.05, 3.63) is 65.7 Å². The number of hydrogen-bond acceptors (Lipinski definition) is 21. The zero-order chi connectivity index (χ0) is 73.8. The molecule has 0 fully saturated rings. The van der Waals surface area contributed by atoms with E-state index in [1.807, 2.05) is 6.92 Å². The van der Waals surface area contributed by atoms with E-state index in [1.54, 1.807) is 51.1 Å². The SMILES string of the molecule is CC[C@H](C)[C@H](N)C(=O)NCC(=O)N[C@@H](CCC(N)=O)C(=O)N[C@@H](CO)C(=O)NCC(=O)N[C@@H](CC(C)C)C(=O)NCC(=O)N[C@@H](CS)C(=O)N[C@@H](CC(N)=O)C(=O)N[C@@H](CO)C(=O)N[C@@H](Cc1ccccc1)C(=O)N[C@@H](CCCN=C(N)N)C(=O)N[C@@H](Cc1ccc(O)cc1)C(=O)O. The number of aliphatic carboxylic acids is 1. The number of nitrogens with one attached hydrogen (secondary N) is 12. The van der Waals surface area contributed by atoms with Gasteiger partial charge in [-0.1, -0.05) is 76.6 Å². The number of aliphatic hydroxyl groups excluding tert-OH is 2. The molecule has 2 rings (SSSR count). The first-order valence-corrected chi connectivity index (χ1v) is 31.6. The number of carboxylic acids is 1. The monoisotopic (exact) mass is 1400 g/mol. The maximum absolute atomic E-state index is 14.2. The Bertz CT molecular complexity index is 3110. The number of amides is 14. The van der Waals surface area contributed by atoms with Gasteiger partial charge in [0.2, 0.25) is 82.7 Å². The smallest absolute Gasteiger partial charge is 0.326 e. The summed E-state index contributed by atoms with van der Waals surface area (Å²) in [5.74, 6) is -16.9. The topological polar surface area (TPSA) is 624 Å². The highest BCUT2D eigenvalue weighted by Gasteiger charge is 2.35. The molecule has 0 aliphatic carbocycles. The molecule has 0 spiro atoms. The van der Waals surface area contributed by atoms with E-state index in [2.05, 4.69) is 81.4 Å². The fraction of sp³-hybridized carbons (Fsp3) is 0.533. The third-order valence-electron chi connectivity index (χ3n) is 14.5. The summed E-state index contributed by atoms with van der Waals surface area (Å²) < 4.78 is 0. The minimum Gasteiger partial charge on any atom is -0.508 e. The maximum Gasteiger partial charge on any atom is 0.326 e. The van der Waals surface area contributed by atoms with Gasteiger partial charge in [-0.2, -0.15) is 12.6 Å². The van der Waals surface area contributed by atoms with Crippen molar-refractivity contribution in [1.82, 2.24) is 63.8 Å². The van der Waals surface area contributed by atoms with Crippen LogP contribution in [0.2, 0.25) is 0 Å². The molecular formula is C60H92N18O19S. The maximum atomic E-state index is 14.2. The van der Waals surface area contributed by atoms with E-state index >= 15 is 0 Å². The van der Waals surface area contributed by atoms with Crippen LogP contribution >= 0.6 is 12.6 Å². The van der Waals surface area contributed by atoms with E-state index < -0.39 is 201 Å². The number of aromatic hydroxyl groups is 1. The zero-order valence-corrected chi connectivity index (χ0v) is 55.5. The summed E-state index contributed by atoms with van der Waals surface area (Å²) in [5, 5.41) is 67.9. The predicted octanol–water partition coefficient (Wildman–Crippen LogP) is -8.50. The molecule has 0 aliphatic heterocycles. The Morgan fingerprint density at radius 1 is 0.490 bits per heavy atom.